The molecule has 1 atom stereocenters. The molecule has 1 aliphatic rings. The number of carbonyl (C=O) groups is 1. The zero-order valence-electron chi connectivity index (χ0n) is 13.9. The molecule has 6 nitrogen and oxygen atoms in total. The number of benzene rings is 1. The molecule has 128 valence electrons. The minimum atomic E-state index is 0.0692. The largest absolute Gasteiger partial charge is 0.340 e. The van der Waals surface area contributed by atoms with Crippen LogP contribution in [-0.2, 0) is 11.2 Å². The highest BCUT2D eigenvalue weighted by molar-refractivity contribution is 6.30. The van der Waals surface area contributed by atoms with Crippen LogP contribution in [0.5, 0.6) is 0 Å². The predicted octanol–water partition coefficient (Wildman–Crippen LogP) is 2.48. The second-order valence-electron chi connectivity index (χ2n) is 6.08. The Morgan fingerprint density at radius 1 is 1.25 bits per heavy atom. The lowest BCUT2D eigenvalue weighted by Crippen LogP contribution is -2.49. The number of hydrogen-bond acceptors (Lipinski definition) is 5. The van der Waals surface area contributed by atoms with Gasteiger partial charge in [0.15, 0.2) is 5.82 Å². The normalized spacial score (nSPS) is 17.0. The van der Waals surface area contributed by atoms with Crippen molar-refractivity contribution < 1.29 is 9.32 Å². The third kappa shape index (κ3) is 3.94. The molecule has 0 unspecified atom stereocenters. The molecule has 2 heterocycles. The Labute approximate surface area is 146 Å². The van der Waals surface area contributed by atoms with E-state index in [1.54, 1.807) is 0 Å². The van der Waals surface area contributed by atoms with Crippen LogP contribution in [0.4, 0.5) is 0 Å². The second-order valence-corrected chi connectivity index (χ2v) is 6.51. The van der Waals surface area contributed by atoms with E-state index in [2.05, 4.69) is 22.0 Å². The number of rotatable bonds is 4. The zero-order chi connectivity index (χ0) is 17.1. The van der Waals surface area contributed by atoms with Gasteiger partial charge in [-0.05, 0) is 31.5 Å². The Balaban J connectivity index is 1.52. The van der Waals surface area contributed by atoms with Gasteiger partial charge in [0.25, 0.3) is 0 Å². The fraction of sp³-hybridized carbons (Fsp3) is 0.471. The molecule has 0 bridgehead atoms. The summed E-state index contributed by atoms with van der Waals surface area (Å²) < 4.78 is 5.25. The van der Waals surface area contributed by atoms with E-state index >= 15 is 0 Å². The molecule has 7 heteroatoms. The summed E-state index contributed by atoms with van der Waals surface area (Å²) in [6.07, 6.45) is 0.412. The van der Waals surface area contributed by atoms with Crippen LogP contribution in [0.2, 0.25) is 5.02 Å². The van der Waals surface area contributed by atoms with Gasteiger partial charge in [0.1, 0.15) is 0 Å². The molecule has 1 aliphatic heterocycles. The van der Waals surface area contributed by atoms with E-state index in [0.717, 1.165) is 18.7 Å². The molecular formula is C17H21ClN4O2. The van der Waals surface area contributed by atoms with E-state index in [1.165, 1.54) is 0 Å². The van der Waals surface area contributed by atoms with Crippen LogP contribution in [-0.4, -0.2) is 52.0 Å². The lowest BCUT2D eigenvalue weighted by Gasteiger charge is -2.36. The number of carbonyl (C=O) groups excluding carboxylic acids is 1. The Bertz CT molecular complexity index is 693. The van der Waals surface area contributed by atoms with Gasteiger partial charge in [-0.25, -0.2) is 0 Å². The summed E-state index contributed by atoms with van der Waals surface area (Å²) in [5, 5.41) is 4.53. The van der Waals surface area contributed by atoms with Crippen LogP contribution in [0.15, 0.2) is 28.8 Å². The van der Waals surface area contributed by atoms with Crippen molar-refractivity contribution in [1.29, 1.82) is 0 Å². The maximum atomic E-state index is 12.4. The van der Waals surface area contributed by atoms with Crippen molar-refractivity contribution in [3.05, 3.63) is 46.6 Å². The molecule has 1 fully saturated rings. The van der Waals surface area contributed by atoms with Gasteiger partial charge in [-0.3, -0.25) is 9.69 Å². The van der Waals surface area contributed by atoms with Crippen molar-refractivity contribution in [1.82, 2.24) is 19.9 Å². The van der Waals surface area contributed by atoms with E-state index in [-0.39, 0.29) is 11.9 Å². The van der Waals surface area contributed by atoms with Gasteiger partial charge in [0.2, 0.25) is 11.8 Å². The van der Waals surface area contributed by atoms with Crippen LogP contribution >= 0.6 is 11.6 Å². The molecule has 24 heavy (non-hydrogen) atoms. The van der Waals surface area contributed by atoms with Crippen molar-refractivity contribution in [2.24, 2.45) is 0 Å². The number of aromatic nitrogens is 2. The first-order chi connectivity index (χ1) is 11.5. The van der Waals surface area contributed by atoms with Crippen LogP contribution in [0.3, 0.4) is 0 Å². The van der Waals surface area contributed by atoms with Crippen LogP contribution in [0.25, 0.3) is 0 Å². The highest BCUT2D eigenvalue weighted by atomic mass is 35.5. The second kappa shape index (κ2) is 7.32. The van der Waals surface area contributed by atoms with E-state index < -0.39 is 0 Å². The molecule has 2 aromatic rings. The average Bonchev–Trinajstić information content (AvgIpc) is 3.03. The topological polar surface area (TPSA) is 62.5 Å². The van der Waals surface area contributed by atoms with Gasteiger partial charge < -0.3 is 9.42 Å². The lowest BCUT2D eigenvalue weighted by molar-refractivity contribution is -0.132. The summed E-state index contributed by atoms with van der Waals surface area (Å²) in [6.45, 7) is 6.89. The summed E-state index contributed by atoms with van der Waals surface area (Å²) in [5.74, 6) is 1.43. The first-order valence-corrected chi connectivity index (χ1v) is 8.47. The van der Waals surface area contributed by atoms with Crippen molar-refractivity contribution >= 4 is 17.5 Å². The number of hydrogen-bond donors (Lipinski definition) is 0. The molecule has 1 saturated heterocycles. The zero-order valence-corrected chi connectivity index (χ0v) is 14.7. The van der Waals surface area contributed by atoms with Gasteiger partial charge >= 0.3 is 0 Å². The Morgan fingerprint density at radius 2 is 1.92 bits per heavy atom. The van der Waals surface area contributed by atoms with E-state index in [4.69, 9.17) is 16.1 Å². The van der Waals surface area contributed by atoms with E-state index in [0.29, 0.717) is 36.2 Å². The third-order valence-electron chi connectivity index (χ3n) is 4.38. The minimum absolute atomic E-state index is 0.0692. The molecule has 0 saturated carbocycles. The van der Waals surface area contributed by atoms with Gasteiger partial charge in [-0.2, -0.15) is 4.98 Å². The first-order valence-electron chi connectivity index (χ1n) is 8.09. The molecule has 1 aromatic heterocycles. The SMILES string of the molecule is Cc1noc([C@H](C)N2CCN(C(=O)Cc3ccc(Cl)cc3)CC2)n1. The van der Waals surface area contributed by atoms with E-state index in [9.17, 15) is 4.79 Å². The predicted molar refractivity (Wildman–Crippen MR) is 90.8 cm³/mol. The smallest absolute Gasteiger partial charge is 0.243 e. The molecule has 3 rings (SSSR count). The van der Waals surface area contributed by atoms with E-state index in [1.807, 2.05) is 36.1 Å². The van der Waals surface area contributed by atoms with Crippen molar-refractivity contribution in [2.75, 3.05) is 26.2 Å². The molecule has 1 amide bonds. The molecule has 0 spiro atoms. The van der Waals surface area contributed by atoms with Gasteiger partial charge in [0.05, 0.1) is 12.5 Å². The maximum Gasteiger partial charge on any atom is 0.243 e. The summed E-state index contributed by atoms with van der Waals surface area (Å²) in [4.78, 5) is 20.9. The van der Waals surface area contributed by atoms with Crippen LogP contribution in [0.1, 0.15) is 30.2 Å². The molecule has 0 aliphatic carbocycles. The average molecular weight is 349 g/mol. The fourth-order valence-electron chi connectivity index (χ4n) is 2.89. The maximum absolute atomic E-state index is 12.4. The summed E-state index contributed by atoms with van der Waals surface area (Å²) >= 11 is 5.88. The highest BCUT2D eigenvalue weighted by Crippen LogP contribution is 2.20. The van der Waals surface area contributed by atoms with Gasteiger partial charge in [0, 0.05) is 31.2 Å². The minimum Gasteiger partial charge on any atom is -0.340 e. The quantitative estimate of drug-likeness (QED) is 0.849. The summed E-state index contributed by atoms with van der Waals surface area (Å²) in [7, 11) is 0. The molecule has 1 aromatic carbocycles. The Kier molecular flexibility index (Phi) is 5.16. The van der Waals surface area contributed by atoms with Crippen molar-refractivity contribution in [3.8, 4) is 0 Å². The Morgan fingerprint density at radius 3 is 2.50 bits per heavy atom. The number of piperazine rings is 1. The van der Waals surface area contributed by atoms with Gasteiger partial charge in [-0.15, -0.1) is 0 Å². The van der Waals surface area contributed by atoms with Crippen LogP contribution < -0.4 is 0 Å². The number of halogens is 1. The Hall–Kier alpha value is -1.92. The van der Waals surface area contributed by atoms with Crippen molar-refractivity contribution in [3.63, 3.8) is 0 Å². The van der Waals surface area contributed by atoms with Gasteiger partial charge in [-0.1, -0.05) is 28.9 Å². The number of amides is 1. The van der Waals surface area contributed by atoms with Crippen molar-refractivity contribution in [2.45, 2.75) is 26.3 Å². The third-order valence-corrected chi connectivity index (χ3v) is 4.64. The van der Waals surface area contributed by atoms with Crippen LogP contribution in [0, 0.1) is 6.92 Å². The summed E-state index contributed by atoms with van der Waals surface area (Å²) in [5.41, 5.74) is 0.988. The molecular weight excluding hydrogens is 328 g/mol. The highest BCUT2D eigenvalue weighted by Gasteiger charge is 2.27. The standard InChI is InChI=1S/C17H21ClN4O2/c1-12(17-19-13(2)20-24-17)21-7-9-22(10-8-21)16(23)11-14-3-5-15(18)6-4-14/h3-6,12H,7-11H2,1-2H3/t12-/m0/s1. The first kappa shape index (κ1) is 16.9. The molecule has 0 radical (unpaired) electrons. The number of nitrogens with zero attached hydrogens (tertiary/aromatic N) is 4. The molecule has 0 N–H and O–H groups in total. The lowest BCUT2D eigenvalue weighted by atomic mass is 10.1. The summed E-state index contributed by atoms with van der Waals surface area (Å²) in [6, 6.07) is 7.50. The monoisotopic (exact) mass is 348 g/mol. The fourth-order valence-corrected chi connectivity index (χ4v) is 3.01. The number of aryl methyl sites for hydroxylation is 1.